The molecule has 0 atom stereocenters. The Balaban J connectivity index is 2.21. The lowest BCUT2D eigenvalue weighted by Crippen LogP contribution is -2.15. The summed E-state index contributed by atoms with van der Waals surface area (Å²) in [6.45, 7) is -0.178. The summed E-state index contributed by atoms with van der Waals surface area (Å²) in [6, 6.07) is 7.34. The van der Waals surface area contributed by atoms with Gasteiger partial charge in [-0.2, -0.15) is 13.2 Å². The molecule has 18 heavy (non-hydrogen) atoms. The first-order chi connectivity index (χ1) is 8.47. The van der Waals surface area contributed by atoms with Crippen molar-refractivity contribution in [3.63, 3.8) is 0 Å². The summed E-state index contributed by atoms with van der Waals surface area (Å²) < 4.78 is 37.1. The highest BCUT2D eigenvalue weighted by Crippen LogP contribution is 2.28. The van der Waals surface area contributed by atoms with Gasteiger partial charge in [-0.1, -0.05) is 28.1 Å². The maximum Gasteiger partial charge on any atom is 0.390 e. The summed E-state index contributed by atoms with van der Waals surface area (Å²) in [4.78, 5) is 4.07. The number of nitrogens with one attached hydrogen (secondary N) is 1. The van der Waals surface area contributed by atoms with Crippen LogP contribution in [0.4, 0.5) is 19.0 Å². The fourth-order valence-electron chi connectivity index (χ4n) is 1.63. The first-order valence-electron chi connectivity index (χ1n) is 5.31. The van der Waals surface area contributed by atoms with Gasteiger partial charge in [-0.05, 0) is 12.1 Å². The van der Waals surface area contributed by atoms with Crippen molar-refractivity contribution in [1.82, 2.24) is 4.98 Å². The molecule has 0 saturated carbocycles. The van der Waals surface area contributed by atoms with E-state index in [4.69, 9.17) is 0 Å². The summed E-state index contributed by atoms with van der Waals surface area (Å²) in [5.74, 6) is 0.470. The van der Waals surface area contributed by atoms with Crippen LogP contribution in [0.2, 0.25) is 0 Å². The molecular formula is C12H10BrF3N2. The molecule has 0 unspecified atom stereocenters. The lowest BCUT2D eigenvalue weighted by atomic mass is 10.1. The van der Waals surface area contributed by atoms with Gasteiger partial charge in [-0.15, -0.1) is 0 Å². The molecule has 0 fully saturated rings. The minimum Gasteiger partial charge on any atom is -0.369 e. The molecule has 0 bridgehead atoms. The Hall–Kier alpha value is -1.30. The van der Waals surface area contributed by atoms with Crippen LogP contribution in [0.3, 0.4) is 0 Å². The molecule has 1 N–H and O–H groups in total. The van der Waals surface area contributed by atoms with Crippen LogP contribution in [0, 0.1) is 0 Å². The number of halogens is 4. The molecule has 0 aliphatic rings. The van der Waals surface area contributed by atoms with Gasteiger partial charge in [0.25, 0.3) is 0 Å². The van der Waals surface area contributed by atoms with Crippen LogP contribution in [-0.2, 0) is 0 Å². The Labute approximate surface area is 110 Å². The number of fused-ring (bicyclic) bond motifs is 1. The van der Waals surface area contributed by atoms with Crippen molar-refractivity contribution in [2.24, 2.45) is 0 Å². The third-order valence-corrected chi connectivity index (χ3v) is 3.15. The van der Waals surface area contributed by atoms with E-state index in [0.29, 0.717) is 5.82 Å². The molecule has 0 amide bonds. The smallest absolute Gasteiger partial charge is 0.369 e. The fourth-order valence-corrected chi connectivity index (χ4v) is 2.13. The second-order valence-electron chi connectivity index (χ2n) is 3.79. The van der Waals surface area contributed by atoms with Gasteiger partial charge in [0.1, 0.15) is 5.82 Å². The molecule has 1 aromatic heterocycles. The normalized spacial score (nSPS) is 11.8. The summed E-state index contributed by atoms with van der Waals surface area (Å²) in [6.07, 6.45) is -3.46. The first kappa shape index (κ1) is 13.1. The van der Waals surface area contributed by atoms with Crippen LogP contribution < -0.4 is 5.32 Å². The topological polar surface area (TPSA) is 24.9 Å². The second-order valence-corrected chi connectivity index (χ2v) is 4.64. The number of aromatic nitrogens is 1. The number of hydrogen-bond acceptors (Lipinski definition) is 2. The van der Waals surface area contributed by atoms with E-state index in [-0.39, 0.29) is 6.54 Å². The highest BCUT2D eigenvalue weighted by atomic mass is 79.9. The van der Waals surface area contributed by atoms with Crippen molar-refractivity contribution in [2.45, 2.75) is 12.6 Å². The van der Waals surface area contributed by atoms with Crippen LogP contribution in [0.25, 0.3) is 10.8 Å². The molecule has 0 spiro atoms. The summed E-state index contributed by atoms with van der Waals surface area (Å²) in [5.41, 5.74) is 0. The summed E-state index contributed by atoms with van der Waals surface area (Å²) in [7, 11) is 0. The third kappa shape index (κ3) is 3.13. The Bertz CT molecular complexity index is 555. The molecule has 0 aliphatic heterocycles. The molecule has 2 aromatic rings. The van der Waals surface area contributed by atoms with Gasteiger partial charge in [0.15, 0.2) is 0 Å². The summed E-state index contributed by atoms with van der Waals surface area (Å²) in [5, 5.41) is 4.44. The molecule has 2 rings (SSSR count). The predicted octanol–water partition coefficient (Wildman–Crippen LogP) is 4.36. The standard InChI is InChI=1S/C12H10BrF3N2/c13-10-3-1-2-9-8(10)4-6-17-11(9)18-7-5-12(14,15)16/h1-4,6H,5,7H2,(H,17,18). The molecule has 1 aromatic carbocycles. The lowest BCUT2D eigenvalue weighted by molar-refractivity contribution is -0.131. The largest absolute Gasteiger partial charge is 0.390 e. The number of benzene rings is 1. The molecular weight excluding hydrogens is 309 g/mol. The lowest BCUT2D eigenvalue weighted by Gasteiger charge is -2.10. The Kier molecular flexibility index (Phi) is 3.75. The fraction of sp³-hybridized carbons (Fsp3) is 0.250. The highest BCUT2D eigenvalue weighted by Gasteiger charge is 2.26. The van der Waals surface area contributed by atoms with E-state index in [2.05, 4.69) is 26.2 Å². The first-order valence-corrected chi connectivity index (χ1v) is 6.10. The van der Waals surface area contributed by atoms with Crippen LogP contribution in [0.5, 0.6) is 0 Å². The SMILES string of the molecule is FC(F)(F)CCNc1nccc2c(Br)cccc12. The van der Waals surface area contributed by atoms with Gasteiger partial charge in [-0.3, -0.25) is 0 Å². The van der Waals surface area contributed by atoms with E-state index in [1.54, 1.807) is 6.20 Å². The van der Waals surface area contributed by atoms with Crippen molar-refractivity contribution >= 4 is 32.5 Å². The van der Waals surface area contributed by atoms with E-state index >= 15 is 0 Å². The minimum absolute atomic E-state index is 0.178. The number of nitrogens with zero attached hydrogens (tertiary/aromatic N) is 1. The van der Waals surface area contributed by atoms with Crippen molar-refractivity contribution in [3.8, 4) is 0 Å². The monoisotopic (exact) mass is 318 g/mol. The van der Waals surface area contributed by atoms with E-state index in [0.717, 1.165) is 15.2 Å². The number of rotatable bonds is 3. The second kappa shape index (κ2) is 5.14. The van der Waals surface area contributed by atoms with Crippen LogP contribution in [-0.4, -0.2) is 17.7 Å². The molecule has 2 nitrogen and oxygen atoms in total. The molecule has 6 heteroatoms. The Morgan fingerprint density at radius 1 is 1.17 bits per heavy atom. The number of hydrogen-bond donors (Lipinski definition) is 1. The highest BCUT2D eigenvalue weighted by molar-refractivity contribution is 9.10. The summed E-state index contributed by atoms with van der Waals surface area (Å²) >= 11 is 3.40. The molecule has 0 saturated heterocycles. The number of anilines is 1. The molecule has 96 valence electrons. The number of pyridine rings is 1. The van der Waals surface area contributed by atoms with Crippen molar-refractivity contribution in [1.29, 1.82) is 0 Å². The maximum absolute atomic E-state index is 12.1. The van der Waals surface area contributed by atoms with Gasteiger partial charge >= 0.3 is 6.18 Å². The van der Waals surface area contributed by atoms with Gasteiger partial charge in [-0.25, -0.2) is 4.98 Å². The maximum atomic E-state index is 12.1. The zero-order valence-corrected chi connectivity index (χ0v) is 10.8. The Morgan fingerprint density at radius 2 is 1.94 bits per heavy atom. The van der Waals surface area contributed by atoms with E-state index < -0.39 is 12.6 Å². The quantitative estimate of drug-likeness (QED) is 0.909. The van der Waals surface area contributed by atoms with E-state index in [1.807, 2.05) is 24.3 Å². The van der Waals surface area contributed by atoms with Gasteiger partial charge < -0.3 is 5.32 Å². The molecule has 1 heterocycles. The zero-order valence-electron chi connectivity index (χ0n) is 9.26. The predicted molar refractivity (Wildman–Crippen MR) is 68.6 cm³/mol. The van der Waals surface area contributed by atoms with Crippen LogP contribution in [0.1, 0.15) is 6.42 Å². The van der Waals surface area contributed by atoms with Gasteiger partial charge in [0, 0.05) is 28.0 Å². The van der Waals surface area contributed by atoms with E-state index in [1.165, 1.54) is 0 Å². The molecule has 0 radical (unpaired) electrons. The average molecular weight is 319 g/mol. The van der Waals surface area contributed by atoms with Crippen molar-refractivity contribution < 1.29 is 13.2 Å². The number of alkyl halides is 3. The van der Waals surface area contributed by atoms with Gasteiger partial charge in [0.05, 0.1) is 6.42 Å². The van der Waals surface area contributed by atoms with Crippen molar-refractivity contribution in [3.05, 3.63) is 34.9 Å². The van der Waals surface area contributed by atoms with Crippen LogP contribution in [0.15, 0.2) is 34.9 Å². The van der Waals surface area contributed by atoms with Crippen molar-refractivity contribution in [2.75, 3.05) is 11.9 Å². The van der Waals surface area contributed by atoms with E-state index in [9.17, 15) is 13.2 Å². The van der Waals surface area contributed by atoms with Crippen LogP contribution >= 0.6 is 15.9 Å². The average Bonchev–Trinajstić information content (AvgIpc) is 2.29. The third-order valence-electron chi connectivity index (χ3n) is 2.45. The minimum atomic E-state index is -4.15. The molecule has 0 aliphatic carbocycles. The van der Waals surface area contributed by atoms with Gasteiger partial charge in [0.2, 0.25) is 0 Å². The zero-order chi connectivity index (χ0) is 13.2. The Morgan fingerprint density at radius 3 is 2.67 bits per heavy atom.